The van der Waals surface area contributed by atoms with Gasteiger partial charge in [-0.1, -0.05) is 6.42 Å². The first-order valence-electron chi connectivity index (χ1n) is 6.23. The van der Waals surface area contributed by atoms with Gasteiger partial charge in [0.25, 0.3) is 0 Å². The van der Waals surface area contributed by atoms with Crippen LogP contribution in [0.1, 0.15) is 51.8 Å². The van der Waals surface area contributed by atoms with Crippen LogP contribution in [0.3, 0.4) is 0 Å². The molecule has 0 amide bonds. The molecule has 17 heavy (non-hydrogen) atoms. The standard InChI is InChI=1S/C14H22N2O/c1-12(13-7-6-10-17-13)16-9-5-4-8-14(2,3)11-15/h6-7,10,12,16H,4-5,8-9H2,1-3H3/t12-/m0/s1. The van der Waals surface area contributed by atoms with Crippen molar-refractivity contribution < 1.29 is 4.42 Å². The summed E-state index contributed by atoms with van der Waals surface area (Å²) in [6.45, 7) is 7.04. The fourth-order valence-electron chi connectivity index (χ4n) is 1.70. The molecular weight excluding hydrogens is 212 g/mol. The zero-order valence-corrected chi connectivity index (χ0v) is 11.0. The Morgan fingerprint density at radius 2 is 2.24 bits per heavy atom. The molecule has 0 radical (unpaired) electrons. The largest absolute Gasteiger partial charge is 0.468 e. The van der Waals surface area contributed by atoms with Crippen molar-refractivity contribution >= 4 is 0 Å². The first-order valence-corrected chi connectivity index (χ1v) is 6.23. The number of nitrogens with zero attached hydrogens (tertiary/aromatic N) is 1. The van der Waals surface area contributed by atoms with Gasteiger partial charge in [0.2, 0.25) is 0 Å². The summed E-state index contributed by atoms with van der Waals surface area (Å²) < 4.78 is 5.32. The molecule has 0 spiro atoms. The quantitative estimate of drug-likeness (QED) is 0.732. The molecular formula is C14H22N2O. The normalized spacial score (nSPS) is 13.3. The van der Waals surface area contributed by atoms with Crippen molar-refractivity contribution in [2.45, 2.75) is 46.1 Å². The van der Waals surface area contributed by atoms with Crippen LogP contribution in [-0.2, 0) is 0 Å². The summed E-state index contributed by atoms with van der Waals surface area (Å²) in [5, 5.41) is 12.3. The highest BCUT2D eigenvalue weighted by Gasteiger charge is 2.15. The molecule has 0 saturated carbocycles. The fourth-order valence-corrected chi connectivity index (χ4v) is 1.70. The zero-order chi connectivity index (χ0) is 12.7. The lowest BCUT2D eigenvalue weighted by molar-refractivity contribution is 0.401. The minimum absolute atomic E-state index is 0.188. The Kier molecular flexibility index (Phi) is 5.24. The van der Waals surface area contributed by atoms with E-state index in [1.165, 1.54) is 0 Å². The van der Waals surface area contributed by atoms with Gasteiger partial charge in [0.15, 0.2) is 0 Å². The van der Waals surface area contributed by atoms with Gasteiger partial charge in [-0.15, -0.1) is 0 Å². The van der Waals surface area contributed by atoms with Crippen molar-refractivity contribution in [3.8, 4) is 6.07 Å². The molecule has 1 atom stereocenters. The summed E-state index contributed by atoms with van der Waals surface area (Å²) in [6.07, 6.45) is 4.83. The number of nitrogens with one attached hydrogen (secondary N) is 1. The Balaban J connectivity index is 2.11. The highest BCUT2D eigenvalue weighted by atomic mass is 16.3. The second kappa shape index (κ2) is 6.46. The van der Waals surface area contributed by atoms with E-state index in [-0.39, 0.29) is 11.5 Å². The van der Waals surface area contributed by atoms with E-state index in [1.54, 1.807) is 6.26 Å². The van der Waals surface area contributed by atoms with E-state index >= 15 is 0 Å². The molecule has 3 nitrogen and oxygen atoms in total. The molecule has 1 rings (SSSR count). The first-order chi connectivity index (χ1) is 8.05. The van der Waals surface area contributed by atoms with Gasteiger partial charge < -0.3 is 9.73 Å². The molecule has 0 aliphatic heterocycles. The van der Waals surface area contributed by atoms with Gasteiger partial charge in [-0.25, -0.2) is 0 Å². The number of hydrogen-bond donors (Lipinski definition) is 1. The highest BCUT2D eigenvalue weighted by molar-refractivity contribution is 5.02. The van der Waals surface area contributed by atoms with E-state index in [1.807, 2.05) is 26.0 Å². The Morgan fingerprint density at radius 3 is 2.82 bits per heavy atom. The monoisotopic (exact) mass is 234 g/mol. The molecule has 1 heterocycles. The van der Waals surface area contributed by atoms with E-state index in [4.69, 9.17) is 9.68 Å². The van der Waals surface area contributed by atoms with E-state index in [9.17, 15) is 0 Å². The molecule has 94 valence electrons. The predicted molar refractivity (Wildman–Crippen MR) is 68.4 cm³/mol. The number of rotatable bonds is 7. The summed E-state index contributed by atoms with van der Waals surface area (Å²) in [5.74, 6) is 0.974. The summed E-state index contributed by atoms with van der Waals surface area (Å²) in [5.41, 5.74) is -0.188. The van der Waals surface area contributed by atoms with Gasteiger partial charge >= 0.3 is 0 Å². The highest BCUT2D eigenvalue weighted by Crippen LogP contribution is 2.21. The molecule has 1 aromatic heterocycles. The van der Waals surface area contributed by atoms with Crippen molar-refractivity contribution in [2.75, 3.05) is 6.54 Å². The average Bonchev–Trinajstić information content (AvgIpc) is 2.82. The zero-order valence-electron chi connectivity index (χ0n) is 11.0. The lowest BCUT2D eigenvalue weighted by Gasteiger charge is -2.15. The maximum absolute atomic E-state index is 8.89. The molecule has 0 aliphatic rings. The summed E-state index contributed by atoms with van der Waals surface area (Å²) in [4.78, 5) is 0. The van der Waals surface area contributed by atoms with Crippen LogP contribution >= 0.6 is 0 Å². The SMILES string of the molecule is C[C@H](NCCCCC(C)(C)C#N)c1ccco1. The third kappa shape index (κ3) is 5.06. The molecule has 0 unspecified atom stereocenters. The van der Waals surface area contributed by atoms with Crippen molar-refractivity contribution in [1.29, 1.82) is 5.26 Å². The van der Waals surface area contributed by atoms with Crippen LogP contribution in [0.15, 0.2) is 22.8 Å². The van der Waals surface area contributed by atoms with Crippen molar-refractivity contribution in [1.82, 2.24) is 5.32 Å². The van der Waals surface area contributed by atoms with Crippen molar-refractivity contribution in [3.63, 3.8) is 0 Å². The van der Waals surface area contributed by atoms with Crippen LogP contribution in [0.25, 0.3) is 0 Å². The Bertz CT molecular complexity index is 349. The van der Waals surface area contributed by atoms with Crippen LogP contribution in [0, 0.1) is 16.7 Å². The van der Waals surface area contributed by atoms with Gasteiger partial charge in [0, 0.05) is 0 Å². The van der Waals surface area contributed by atoms with Gasteiger partial charge in [-0.2, -0.15) is 5.26 Å². The van der Waals surface area contributed by atoms with Gasteiger partial charge in [-0.05, 0) is 52.3 Å². The molecule has 0 bridgehead atoms. The summed E-state index contributed by atoms with van der Waals surface area (Å²) >= 11 is 0. The Morgan fingerprint density at radius 1 is 1.47 bits per heavy atom. The predicted octanol–water partition coefficient (Wildman–Crippen LogP) is 3.65. The van der Waals surface area contributed by atoms with Crippen LogP contribution in [0.5, 0.6) is 0 Å². The maximum Gasteiger partial charge on any atom is 0.120 e. The van der Waals surface area contributed by atoms with Crippen molar-refractivity contribution in [2.24, 2.45) is 5.41 Å². The Labute approximate surface area is 104 Å². The smallest absolute Gasteiger partial charge is 0.120 e. The van der Waals surface area contributed by atoms with Crippen LogP contribution in [0.4, 0.5) is 0 Å². The second-order valence-electron chi connectivity index (χ2n) is 5.14. The number of furan rings is 1. The average molecular weight is 234 g/mol. The number of hydrogen-bond acceptors (Lipinski definition) is 3. The van der Waals surface area contributed by atoms with Crippen molar-refractivity contribution in [3.05, 3.63) is 24.2 Å². The molecule has 0 aliphatic carbocycles. The molecule has 1 N–H and O–H groups in total. The lowest BCUT2D eigenvalue weighted by Crippen LogP contribution is -2.19. The molecule has 0 fully saturated rings. The second-order valence-corrected chi connectivity index (χ2v) is 5.14. The Hall–Kier alpha value is -1.27. The molecule has 1 aromatic rings. The third-order valence-electron chi connectivity index (χ3n) is 2.95. The van der Waals surface area contributed by atoms with E-state index in [0.29, 0.717) is 0 Å². The van der Waals surface area contributed by atoms with E-state index in [2.05, 4.69) is 18.3 Å². The fraction of sp³-hybridized carbons (Fsp3) is 0.643. The van der Waals surface area contributed by atoms with Gasteiger partial charge in [0.1, 0.15) is 5.76 Å². The lowest BCUT2D eigenvalue weighted by atomic mass is 9.89. The van der Waals surface area contributed by atoms with E-state index in [0.717, 1.165) is 31.6 Å². The first kappa shape index (κ1) is 13.8. The number of unbranched alkanes of at least 4 members (excludes halogenated alkanes) is 1. The van der Waals surface area contributed by atoms with Crippen LogP contribution in [0.2, 0.25) is 0 Å². The van der Waals surface area contributed by atoms with E-state index < -0.39 is 0 Å². The maximum atomic E-state index is 8.89. The summed E-state index contributed by atoms with van der Waals surface area (Å²) in [6, 6.07) is 6.47. The molecule has 0 saturated heterocycles. The van der Waals surface area contributed by atoms with Crippen LogP contribution in [-0.4, -0.2) is 6.54 Å². The minimum Gasteiger partial charge on any atom is -0.468 e. The van der Waals surface area contributed by atoms with Crippen LogP contribution < -0.4 is 5.32 Å². The molecule has 0 aromatic carbocycles. The number of nitriles is 1. The minimum atomic E-state index is -0.188. The third-order valence-corrected chi connectivity index (χ3v) is 2.95. The summed E-state index contributed by atoms with van der Waals surface area (Å²) in [7, 11) is 0. The van der Waals surface area contributed by atoms with Gasteiger partial charge in [0.05, 0.1) is 23.8 Å². The topological polar surface area (TPSA) is 49.0 Å². The van der Waals surface area contributed by atoms with Gasteiger partial charge in [-0.3, -0.25) is 0 Å². The molecule has 3 heteroatoms.